The predicted octanol–water partition coefficient (Wildman–Crippen LogP) is 3.99. The second-order valence-electron chi connectivity index (χ2n) is 7.58. The highest BCUT2D eigenvalue weighted by Crippen LogP contribution is 2.42. The van der Waals surface area contributed by atoms with Crippen molar-refractivity contribution in [1.29, 1.82) is 0 Å². The van der Waals surface area contributed by atoms with Gasteiger partial charge in [0.05, 0.1) is 0 Å². The van der Waals surface area contributed by atoms with E-state index in [9.17, 15) is 5.11 Å². The maximum Gasteiger partial charge on any atom is 0.109 e. The van der Waals surface area contributed by atoms with Gasteiger partial charge < -0.3 is 14.8 Å². The van der Waals surface area contributed by atoms with Gasteiger partial charge in [0.25, 0.3) is 0 Å². The van der Waals surface area contributed by atoms with E-state index in [2.05, 4.69) is 39.1 Å². The van der Waals surface area contributed by atoms with Gasteiger partial charge in [-0.15, -0.1) is 0 Å². The number of hydrogen-bond acceptors (Lipinski definition) is 3. The summed E-state index contributed by atoms with van der Waals surface area (Å²) in [4.78, 5) is 0. The van der Waals surface area contributed by atoms with E-state index >= 15 is 0 Å². The Kier molecular flexibility index (Phi) is 4.84. The molecule has 0 spiro atoms. The number of fused-ring (bicyclic) bond motifs is 1. The minimum atomic E-state index is 0.000529. The lowest BCUT2D eigenvalue weighted by molar-refractivity contribution is 0.104. The number of furan rings is 1. The van der Waals surface area contributed by atoms with E-state index in [4.69, 9.17) is 4.42 Å². The summed E-state index contributed by atoms with van der Waals surface area (Å²) in [7, 11) is 0. The number of aliphatic hydroxyl groups excluding tert-OH is 1. The molecule has 0 aliphatic heterocycles. The molecule has 1 aromatic rings. The summed E-state index contributed by atoms with van der Waals surface area (Å²) in [5.74, 6) is 2.15. The predicted molar refractivity (Wildman–Crippen MR) is 86.4 cm³/mol. The van der Waals surface area contributed by atoms with Gasteiger partial charge in [-0.1, -0.05) is 27.7 Å². The van der Waals surface area contributed by atoms with Crippen molar-refractivity contribution < 1.29 is 9.52 Å². The van der Waals surface area contributed by atoms with Gasteiger partial charge in [0.2, 0.25) is 0 Å². The fourth-order valence-corrected chi connectivity index (χ4v) is 3.49. The minimum absolute atomic E-state index is 0.000529. The first-order valence-corrected chi connectivity index (χ1v) is 8.28. The molecular weight excluding hydrogens is 262 g/mol. The van der Waals surface area contributed by atoms with Crippen molar-refractivity contribution in [1.82, 2.24) is 5.32 Å². The smallest absolute Gasteiger partial charge is 0.109 e. The molecule has 2 rings (SSSR count). The molecule has 0 saturated carbocycles. The zero-order valence-corrected chi connectivity index (χ0v) is 14.3. The molecule has 3 nitrogen and oxygen atoms in total. The third-order valence-corrected chi connectivity index (χ3v) is 5.30. The summed E-state index contributed by atoms with van der Waals surface area (Å²) >= 11 is 0. The fourth-order valence-electron chi connectivity index (χ4n) is 3.49. The van der Waals surface area contributed by atoms with Gasteiger partial charge in [0.1, 0.15) is 11.5 Å². The van der Waals surface area contributed by atoms with E-state index in [1.807, 2.05) is 6.92 Å². The fraction of sp³-hybridized carbons (Fsp3) is 0.778. The van der Waals surface area contributed by atoms with Gasteiger partial charge in [-0.2, -0.15) is 0 Å². The van der Waals surface area contributed by atoms with E-state index in [0.29, 0.717) is 6.04 Å². The number of aryl methyl sites for hydroxylation is 1. The molecule has 2 N–H and O–H groups in total. The molecule has 1 heterocycles. The summed E-state index contributed by atoms with van der Waals surface area (Å²) in [6.07, 6.45) is 4.13. The second kappa shape index (κ2) is 6.13. The normalized spacial score (nSPS) is 21.3. The Labute approximate surface area is 129 Å². The quantitative estimate of drug-likeness (QED) is 0.833. The number of nitrogens with one attached hydrogen (secondary N) is 1. The monoisotopic (exact) mass is 293 g/mol. The first kappa shape index (κ1) is 16.6. The lowest BCUT2D eigenvalue weighted by Crippen LogP contribution is -2.41. The Hall–Kier alpha value is -0.800. The molecule has 0 bridgehead atoms. The van der Waals surface area contributed by atoms with Crippen LogP contribution in [0.15, 0.2) is 10.5 Å². The SMILES string of the molecule is CCC(CC)(CO)CNC1CC(C)(C)Cc2oc(C)cc21. The Balaban J connectivity index is 2.16. The Morgan fingerprint density at radius 1 is 1.38 bits per heavy atom. The van der Waals surface area contributed by atoms with Crippen LogP contribution in [0.25, 0.3) is 0 Å². The molecule has 1 atom stereocenters. The molecule has 1 unspecified atom stereocenters. The van der Waals surface area contributed by atoms with Crippen molar-refractivity contribution in [2.45, 2.75) is 66.3 Å². The van der Waals surface area contributed by atoms with Crippen molar-refractivity contribution in [3.63, 3.8) is 0 Å². The molecule has 3 heteroatoms. The molecule has 21 heavy (non-hydrogen) atoms. The van der Waals surface area contributed by atoms with Gasteiger partial charge in [-0.3, -0.25) is 0 Å². The Morgan fingerprint density at radius 3 is 2.62 bits per heavy atom. The summed E-state index contributed by atoms with van der Waals surface area (Å²) in [5, 5.41) is 13.5. The van der Waals surface area contributed by atoms with Crippen LogP contribution in [0.1, 0.15) is 70.1 Å². The first-order chi connectivity index (χ1) is 9.84. The number of hydrogen-bond donors (Lipinski definition) is 2. The molecule has 1 aliphatic carbocycles. The molecule has 0 aromatic carbocycles. The number of aliphatic hydroxyl groups is 1. The highest BCUT2D eigenvalue weighted by molar-refractivity contribution is 5.29. The van der Waals surface area contributed by atoms with Crippen molar-refractivity contribution in [3.05, 3.63) is 23.2 Å². The van der Waals surface area contributed by atoms with Gasteiger partial charge in [0.15, 0.2) is 0 Å². The topological polar surface area (TPSA) is 45.4 Å². The molecule has 0 saturated heterocycles. The average molecular weight is 293 g/mol. The first-order valence-electron chi connectivity index (χ1n) is 8.28. The van der Waals surface area contributed by atoms with Crippen LogP contribution < -0.4 is 5.32 Å². The number of rotatable bonds is 6. The third-order valence-electron chi connectivity index (χ3n) is 5.30. The summed E-state index contributed by atoms with van der Waals surface area (Å²) in [6.45, 7) is 12.1. The van der Waals surface area contributed by atoms with Crippen LogP contribution in [0.5, 0.6) is 0 Å². The van der Waals surface area contributed by atoms with Crippen molar-refractivity contribution in [3.8, 4) is 0 Å². The highest BCUT2D eigenvalue weighted by atomic mass is 16.3. The molecule has 0 fully saturated rings. The van der Waals surface area contributed by atoms with Crippen LogP contribution >= 0.6 is 0 Å². The molecule has 0 amide bonds. The Morgan fingerprint density at radius 2 is 2.05 bits per heavy atom. The zero-order chi connectivity index (χ0) is 15.7. The van der Waals surface area contributed by atoms with E-state index in [1.54, 1.807) is 0 Å². The lowest BCUT2D eigenvalue weighted by Gasteiger charge is -2.38. The van der Waals surface area contributed by atoms with Gasteiger partial charge in [-0.25, -0.2) is 0 Å². The molecule has 120 valence electrons. The molecular formula is C18H31NO2. The van der Waals surface area contributed by atoms with Crippen LogP contribution in [0, 0.1) is 17.8 Å². The maximum atomic E-state index is 9.75. The van der Waals surface area contributed by atoms with Crippen LogP contribution in [-0.4, -0.2) is 18.3 Å². The van der Waals surface area contributed by atoms with Crippen molar-refractivity contribution in [2.75, 3.05) is 13.2 Å². The van der Waals surface area contributed by atoms with Gasteiger partial charge >= 0.3 is 0 Å². The summed E-state index contributed by atoms with van der Waals surface area (Å²) in [5.41, 5.74) is 1.58. The van der Waals surface area contributed by atoms with Crippen molar-refractivity contribution in [2.24, 2.45) is 10.8 Å². The third kappa shape index (κ3) is 3.51. The van der Waals surface area contributed by atoms with E-state index in [-0.39, 0.29) is 17.4 Å². The minimum Gasteiger partial charge on any atom is -0.466 e. The van der Waals surface area contributed by atoms with Crippen LogP contribution in [-0.2, 0) is 6.42 Å². The van der Waals surface area contributed by atoms with Gasteiger partial charge in [-0.05, 0) is 37.7 Å². The molecule has 1 aromatic heterocycles. The summed E-state index contributed by atoms with van der Waals surface area (Å²) < 4.78 is 5.89. The highest BCUT2D eigenvalue weighted by Gasteiger charge is 2.36. The van der Waals surface area contributed by atoms with Gasteiger partial charge in [0, 0.05) is 36.6 Å². The van der Waals surface area contributed by atoms with E-state index in [0.717, 1.165) is 43.7 Å². The second-order valence-corrected chi connectivity index (χ2v) is 7.58. The average Bonchev–Trinajstić information content (AvgIpc) is 2.79. The molecule has 0 radical (unpaired) electrons. The standard InChI is InChI=1S/C18H31NO2/c1-6-18(7-2,12-20)11-19-15-9-17(4,5)10-16-14(15)8-13(3)21-16/h8,15,19-20H,6-7,9-12H2,1-5H3. The van der Waals surface area contributed by atoms with Crippen LogP contribution in [0.3, 0.4) is 0 Å². The molecule has 1 aliphatic rings. The van der Waals surface area contributed by atoms with E-state index in [1.165, 1.54) is 5.56 Å². The van der Waals surface area contributed by atoms with Crippen molar-refractivity contribution >= 4 is 0 Å². The van der Waals surface area contributed by atoms with Crippen LogP contribution in [0.2, 0.25) is 0 Å². The zero-order valence-electron chi connectivity index (χ0n) is 14.3. The lowest BCUT2D eigenvalue weighted by atomic mass is 9.74. The maximum absolute atomic E-state index is 9.75. The summed E-state index contributed by atoms with van der Waals surface area (Å²) in [6, 6.07) is 2.52. The van der Waals surface area contributed by atoms with E-state index < -0.39 is 0 Å². The van der Waals surface area contributed by atoms with Crippen LogP contribution in [0.4, 0.5) is 0 Å². The Bertz CT molecular complexity index is 463. The largest absolute Gasteiger partial charge is 0.466 e.